The van der Waals surface area contributed by atoms with Gasteiger partial charge in [0.2, 0.25) is 0 Å². The van der Waals surface area contributed by atoms with E-state index in [0.29, 0.717) is 12.2 Å². The lowest BCUT2D eigenvalue weighted by Crippen LogP contribution is -2.30. The van der Waals surface area contributed by atoms with Crippen LogP contribution in [-0.2, 0) is 9.53 Å². The molecule has 0 atom stereocenters. The van der Waals surface area contributed by atoms with E-state index in [0.717, 1.165) is 4.88 Å². The summed E-state index contributed by atoms with van der Waals surface area (Å²) < 4.78 is 4.68. The first-order valence-electron chi connectivity index (χ1n) is 4.62. The Morgan fingerprint density at radius 1 is 1.53 bits per heavy atom. The van der Waals surface area contributed by atoms with Gasteiger partial charge in [-0.3, -0.25) is 9.59 Å². The van der Waals surface area contributed by atoms with Crippen LogP contribution in [0.15, 0.2) is 11.4 Å². The lowest BCUT2D eigenvalue weighted by molar-refractivity contribution is -0.141. The smallest absolute Gasteiger partial charge is 0.325 e. The van der Waals surface area contributed by atoms with Crippen LogP contribution in [0.5, 0.6) is 0 Å². The molecule has 4 nitrogen and oxygen atoms in total. The van der Waals surface area contributed by atoms with Gasteiger partial charge in [0.15, 0.2) is 0 Å². The highest BCUT2D eigenvalue weighted by atomic mass is 32.1. The molecule has 5 heteroatoms. The van der Waals surface area contributed by atoms with Crippen LogP contribution < -0.4 is 5.32 Å². The van der Waals surface area contributed by atoms with Crippen molar-refractivity contribution < 1.29 is 14.3 Å². The highest BCUT2D eigenvalue weighted by Crippen LogP contribution is 2.12. The quantitative estimate of drug-likeness (QED) is 0.790. The lowest BCUT2D eigenvalue weighted by Gasteiger charge is -2.02. The average molecular weight is 227 g/mol. The van der Waals surface area contributed by atoms with Crippen LogP contribution in [0.3, 0.4) is 0 Å². The van der Waals surface area contributed by atoms with Crippen LogP contribution in [0.1, 0.15) is 22.2 Å². The van der Waals surface area contributed by atoms with Gasteiger partial charge in [-0.1, -0.05) is 0 Å². The van der Waals surface area contributed by atoms with Crippen LogP contribution in [-0.4, -0.2) is 25.0 Å². The fraction of sp³-hybridized carbons (Fsp3) is 0.400. The number of hydrogen-bond acceptors (Lipinski definition) is 4. The van der Waals surface area contributed by atoms with Crippen LogP contribution in [0.2, 0.25) is 0 Å². The molecule has 1 aromatic rings. The topological polar surface area (TPSA) is 55.4 Å². The van der Waals surface area contributed by atoms with Crippen molar-refractivity contribution in [2.24, 2.45) is 0 Å². The molecule has 0 spiro atoms. The van der Waals surface area contributed by atoms with Gasteiger partial charge in [0.1, 0.15) is 6.54 Å². The molecule has 1 N–H and O–H groups in total. The van der Waals surface area contributed by atoms with E-state index in [-0.39, 0.29) is 12.5 Å². The first-order chi connectivity index (χ1) is 7.13. The maximum atomic E-state index is 11.5. The molecule has 0 bridgehead atoms. The van der Waals surface area contributed by atoms with Crippen molar-refractivity contribution in [1.29, 1.82) is 0 Å². The van der Waals surface area contributed by atoms with Gasteiger partial charge in [-0.05, 0) is 19.9 Å². The maximum absolute atomic E-state index is 11.5. The number of esters is 1. The summed E-state index contributed by atoms with van der Waals surface area (Å²) in [5.74, 6) is -0.662. The number of rotatable bonds is 4. The Kier molecular flexibility index (Phi) is 4.30. The molecule has 0 aliphatic carbocycles. The predicted octanol–water partition coefficient (Wildman–Crippen LogP) is 1.35. The molecule has 0 aliphatic heterocycles. The molecule has 0 aliphatic rings. The largest absolute Gasteiger partial charge is 0.465 e. The summed E-state index contributed by atoms with van der Waals surface area (Å²) in [4.78, 5) is 23.5. The monoisotopic (exact) mass is 227 g/mol. The lowest BCUT2D eigenvalue weighted by atomic mass is 10.3. The van der Waals surface area contributed by atoms with Crippen molar-refractivity contribution in [2.75, 3.05) is 13.2 Å². The molecule has 82 valence electrons. The number of carbonyl (C=O) groups is 2. The minimum absolute atomic E-state index is 0.0818. The predicted molar refractivity (Wildman–Crippen MR) is 58.0 cm³/mol. The molecular formula is C10H13NO3S. The zero-order valence-electron chi connectivity index (χ0n) is 8.70. The fourth-order valence-corrected chi connectivity index (χ4v) is 1.71. The molecule has 1 rings (SSSR count). The number of nitrogens with one attached hydrogen (secondary N) is 1. The first kappa shape index (κ1) is 11.7. The Morgan fingerprint density at radius 2 is 2.27 bits per heavy atom. The number of amides is 1. The standard InChI is InChI=1S/C10H13NO3S/c1-3-14-9(12)5-11-10(13)8-4-7(2)15-6-8/h4,6H,3,5H2,1-2H3,(H,11,13). The van der Waals surface area contributed by atoms with E-state index < -0.39 is 5.97 Å². The minimum atomic E-state index is -0.419. The van der Waals surface area contributed by atoms with E-state index in [1.54, 1.807) is 18.4 Å². The van der Waals surface area contributed by atoms with E-state index in [1.807, 2.05) is 6.92 Å². The second-order valence-corrected chi connectivity index (χ2v) is 4.05. The molecule has 1 amide bonds. The van der Waals surface area contributed by atoms with Gasteiger partial charge in [0, 0.05) is 10.3 Å². The fourth-order valence-electron chi connectivity index (χ4n) is 1.03. The minimum Gasteiger partial charge on any atom is -0.465 e. The van der Waals surface area contributed by atoms with Crippen molar-refractivity contribution in [2.45, 2.75) is 13.8 Å². The summed E-state index contributed by atoms with van der Waals surface area (Å²) in [6, 6.07) is 1.78. The molecule has 1 heterocycles. The van der Waals surface area contributed by atoms with Gasteiger partial charge in [-0.2, -0.15) is 0 Å². The second kappa shape index (κ2) is 5.50. The van der Waals surface area contributed by atoms with E-state index in [4.69, 9.17) is 0 Å². The number of aryl methyl sites for hydroxylation is 1. The van der Waals surface area contributed by atoms with Crippen LogP contribution >= 0.6 is 11.3 Å². The van der Waals surface area contributed by atoms with Crippen molar-refractivity contribution in [1.82, 2.24) is 5.32 Å². The molecular weight excluding hydrogens is 214 g/mol. The second-order valence-electron chi connectivity index (χ2n) is 2.93. The highest BCUT2D eigenvalue weighted by molar-refractivity contribution is 7.10. The zero-order valence-corrected chi connectivity index (χ0v) is 9.52. The van der Waals surface area contributed by atoms with Gasteiger partial charge in [-0.25, -0.2) is 0 Å². The Balaban J connectivity index is 2.40. The Labute approximate surface area is 92.2 Å². The highest BCUT2D eigenvalue weighted by Gasteiger charge is 2.09. The molecule has 15 heavy (non-hydrogen) atoms. The molecule has 1 aromatic heterocycles. The SMILES string of the molecule is CCOC(=O)CNC(=O)c1csc(C)c1. The van der Waals surface area contributed by atoms with Crippen molar-refractivity contribution in [3.8, 4) is 0 Å². The summed E-state index contributed by atoms with van der Waals surface area (Å²) in [6.45, 7) is 3.89. The van der Waals surface area contributed by atoms with E-state index in [9.17, 15) is 9.59 Å². The summed E-state index contributed by atoms with van der Waals surface area (Å²) in [7, 11) is 0. The number of hydrogen-bond donors (Lipinski definition) is 1. The molecule has 0 aromatic carbocycles. The number of carbonyl (C=O) groups excluding carboxylic acids is 2. The van der Waals surface area contributed by atoms with E-state index in [1.165, 1.54) is 11.3 Å². The Morgan fingerprint density at radius 3 is 2.80 bits per heavy atom. The van der Waals surface area contributed by atoms with Gasteiger partial charge < -0.3 is 10.1 Å². The Hall–Kier alpha value is -1.36. The molecule has 0 radical (unpaired) electrons. The van der Waals surface area contributed by atoms with Crippen LogP contribution in [0, 0.1) is 6.92 Å². The van der Waals surface area contributed by atoms with Crippen molar-refractivity contribution >= 4 is 23.2 Å². The maximum Gasteiger partial charge on any atom is 0.325 e. The van der Waals surface area contributed by atoms with Crippen LogP contribution in [0.4, 0.5) is 0 Å². The summed E-state index contributed by atoms with van der Waals surface area (Å²) >= 11 is 1.50. The Bertz CT molecular complexity index is 359. The number of ether oxygens (including phenoxy) is 1. The summed E-state index contributed by atoms with van der Waals surface area (Å²) in [5, 5.41) is 4.25. The summed E-state index contributed by atoms with van der Waals surface area (Å²) in [6.07, 6.45) is 0. The molecule has 0 saturated carbocycles. The van der Waals surface area contributed by atoms with Crippen LogP contribution in [0.25, 0.3) is 0 Å². The van der Waals surface area contributed by atoms with Gasteiger partial charge in [0.25, 0.3) is 5.91 Å². The zero-order chi connectivity index (χ0) is 11.3. The first-order valence-corrected chi connectivity index (χ1v) is 5.50. The van der Waals surface area contributed by atoms with E-state index >= 15 is 0 Å². The van der Waals surface area contributed by atoms with Crippen molar-refractivity contribution in [3.63, 3.8) is 0 Å². The van der Waals surface area contributed by atoms with E-state index in [2.05, 4.69) is 10.1 Å². The van der Waals surface area contributed by atoms with Gasteiger partial charge in [-0.15, -0.1) is 11.3 Å². The molecule has 0 unspecified atom stereocenters. The average Bonchev–Trinajstić information content (AvgIpc) is 2.62. The third kappa shape index (κ3) is 3.71. The molecule has 0 fully saturated rings. The normalized spacial score (nSPS) is 9.73. The van der Waals surface area contributed by atoms with Gasteiger partial charge in [0.05, 0.1) is 12.2 Å². The summed E-state index contributed by atoms with van der Waals surface area (Å²) in [5.41, 5.74) is 0.585. The van der Waals surface area contributed by atoms with Gasteiger partial charge >= 0.3 is 5.97 Å². The number of thiophene rings is 1. The molecule has 0 saturated heterocycles. The van der Waals surface area contributed by atoms with Crippen molar-refractivity contribution in [3.05, 3.63) is 21.9 Å². The third-order valence-electron chi connectivity index (χ3n) is 1.69. The third-order valence-corrected chi connectivity index (χ3v) is 2.55.